The zero-order valence-electron chi connectivity index (χ0n) is 16.3. The molecule has 1 saturated heterocycles. The van der Waals surface area contributed by atoms with Gasteiger partial charge in [-0.3, -0.25) is 9.69 Å². The number of rotatable bonds is 5. The summed E-state index contributed by atoms with van der Waals surface area (Å²) < 4.78 is 26.9. The van der Waals surface area contributed by atoms with Crippen LogP contribution in [0.25, 0.3) is 0 Å². The van der Waals surface area contributed by atoms with Crippen LogP contribution in [-0.4, -0.2) is 62.3 Å². The van der Waals surface area contributed by atoms with Gasteiger partial charge in [0.25, 0.3) is 0 Å². The minimum atomic E-state index is -3.44. The number of hydrogen-bond acceptors (Lipinski definition) is 4. The van der Waals surface area contributed by atoms with Crippen molar-refractivity contribution in [1.82, 2.24) is 14.5 Å². The van der Waals surface area contributed by atoms with Crippen molar-refractivity contribution >= 4 is 15.9 Å². The standard InChI is InChI=1S/C20H31N3O3S/c1-16-7-6-10-19(17(16)2)21-20(24)15-22-11-13-23(14-12-22)27(25,26)18-8-4-3-5-9-18/h3-5,8-9,16-17,19H,6-7,10-15H2,1-2H3,(H,21,24)/t16-,17-,19-/m1/s1. The Kier molecular flexibility index (Phi) is 6.55. The van der Waals surface area contributed by atoms with Gasteiger partial charge in [-0.25, -0.2) is 8.42 Å². The predicted octanol–water partition coefficient (Wildman–Crippen LogP) is 1.93. The van der Waals surface area contributed by atoms with Crippen molar-refractivity contribution in [3.63, 3.8) is 0 Å². The molecule has 2 fully saturated rings. The Hall–Kier alpha value is -1.44. The van der Waals surface area contributed by atoms with Crippen LogP contribution in [0.4, 0.5) is 0 Å². The molecule has 0 spiro atoms. The maximum Gasteiger partial charge on any atom is 0.243 e. The third-order valence-electron chi connectivity index (χ3n) is 6.13. The van der Waals surface area contributed by atoms with Gasteiger partial charge in [-0.2, -0.15) is 4.31 Å². The molecule has 150 valence electrons. The smallest absolute Gasteiger partial charge is 0.243 e. The SMILES string of the molecule is C[C@@H]1[C@H](C)CCC[C@H]1NC(=O)CN1CCN(S(=O)(=O)c2ccccc2)CC1. The quantitative estimate of drug-likeness (QED) is 0.830. The first kappa shape index (κ1) is 20.3. The number of carbonyl (C=O) groups excluding carboxylic acids is 1. The van der Waals surface area contributed by atoms with E-state index in [0.717, 1.165) is 6.42 Å². The number of carbonyl (C=O) groups is 1. The van der Waals surface area contributed by atoms with E-state index >= 15 is 0 Å². The van der Waals surface area contributed by atoms with Crippen molar-refractivity contribution in [3.8, 4) is 0 Å². The van der Waals surface area contributed by atoms with E-state index < -0.39 is 10.0 Å². The fourth-order valence-corrected chi connectivity index (χ4v) is 5.55. The first-order valence-electron chi connectivity index (χ1n) is 9.95. The molecular weight excluding hydrogens is 362 g/mol. The summed E-state index contributed by atoms with van der Waals surface area (Å²) in [7, 11) is -3.44. The van der Waals surface area contributed by atoms with Crippen LogP contribution in [0.5, 0.6) is 0 Å². The molecule has 1 aliphatic heterocycles. The van der Waals surface area contributed by atoms with Crippen LogP contribution in [0.3, 0.4) is 0 Å². The number of nitrogens with one attached hydrogen (secondary N) is 1. The molecule has 3 rings (SSSR count). The fourth-order valence-electron chi connectivity index (χ4n) is 4.11. The molecule has 1 amide bonds. The third kappa shape index (κ3) is 4.89. The van der Waals surface area contributed by atoms with Gasteiger partial charge in [0.15, 0.2) is 0 Å². The van der Waals surface area contributed by atoms with Gasteiger partial charge in [0.05, 0.1) is 11.4 Å². The summed E-state index contributed by atoms with van der Waals surface area (Å²) in [4.78, 5) is 14.8. The average Bonchev–Trinajstić information content (AvgIpc) is 2.66. The lowest BCUT2D eigenvalue weighted by Gasteiger charge is -2.36. The van der Waals surface area contributed by atoms with Crippen LogP contribution < -0.4 is 5.32 Å². The van der Waals surface area contributed by atoms with Crippen LogP contribution >= 0.6 is 0 Å². The van der Waals surface area contributed by atoms with Crippen LogP contribution in [0.1, 0.15) is 33.1 Å². The molecule has 1 saturated carbocycles. The zero-order chi connectivity index (χ0) is 19.4. The van der Waals surface area contributed by atoms with Crippen LogP contribution in [0.2, 0.25) is 0 Å². The van der Waals surface area contributed by atoms with Gasteiger partial charge < -0.3 is 5.32 Å². The molecule has 1 N–H and O–H groups in total. The second-order valence-electron chi connectivity index (χ2n) is 7.93. The first-order chi connectivity index (χ1) is 12.9. The molecule has 6 nitrogen and oxygen atoms in total. The second kappa shape index (κ2) is 8.71. The summed E-state index contributed by atoms with van der Waals surface area (Å²) in [6.45, 7) is 6.82. The highest BCUT2D eigenvalue weighted by molar-refractivity contribution is 7.89. The lowest BCUT2D eigenvalue weighted by atomic mass is 9.78. The zero-order valence-corrected chi connectivity index (χ0v) is 17.1. The third-order valence-corrected chi connectivity index (χ3v) is 8.05. The minimum Gasteiger partial charge on any atom is -0.352 e. The van der Waals surface area contributed by atoms with Crippen LogP contribution in [0, 0.1) is 11.8 Å². The average molecular weight is 394 g/mol. The maximum absolute atomic E-state index is 12.7. The molecule has 27 heavy (non-hydrogen) atoms. The van der Waals surface area contributed by atoms with Gasteiger partial charge in [-0.15, -0.1) is 0 Å². The Labute approximate surface area is 163 Å². The maximum atomic E-state index is 12.7. The van der Waals surface area contributed by atoms with Gasteiger partial charge >= 0.3 is 0 Å². The van der Waals surface area contributed by atoms with Crippen molar-refractivity contribution < 1.29 is 13.2 Å². The number of amides is 1. The molecule has 7 heteroatoms. The van der Waals surface area contributed by atoms with E-state index in [-0.39, 0.29) is 11.9 Å². The molecule has 0 unspecified atom stereocenters. The predicted molar refractivity (Wildman–Crippen MR) is 106 cm³/mol. The summed E-state index contributed by atoms with van der Waals surface area (Å²) in [5.41, 5.74) is 0. The Bertz CT molecular complexity index is 730. The highest BCUT2D eigenvalue weighted by Crippen LogP contribution is 2.29. The Morgan fingerprint density at radius 2 is 1.74 bits per heavy atom. The number of piperazine rings is 1. The topological polar surface area (TPSA) is 69.7 Å². The summed E-state index contributed by atoms with van der Waals surface area (Å²) in [5.74, 6) is 1.21. The van der Waals surface area contributed by atoms with Crippen LogP contribution in [-0.2, 0) is 14.8 Å². The molecule has 1 heterocycles. The van der Waals surface area contributed by atoms with E-state index in [4.69, 9.17) is 0 Å². The Balaban J connectivity index is 1.49. The lowest BCUT2D eigenvalue weighted by molar-refractivity contribution is -0.124. The van der Waals surface area contributed by atoms with E-state index in [2.05, 4.69) is 19.2 Å². The van der Waals surface area contributed by atoms with Crippen LogP contribution in [0.15, 0.2) is 35.2 Å². The van der Waals surface area contributed by atoms with Gasteiger partial charge in [-0.05, 0) is 30.4 Å². The molecule has 1 aliphatic carbocycles. The van der Waals surface area contributed by atoms with E-state index in [1.54, 1.807) is 24.3 Å². The van der Waals surface area contributed by atoms with Crippen molar-refractivity contribution in [3.05, 3.63) is 30.3 Å². The molecule has 2 aliphatic rings. The number of benzene rings is 1. The second-order valence-corrected chi connectivity index (χ2v) is 9.87. The molecule has 0 radical (unpaired) electrons. The first-order valence-corrected chi connectivity index (χ1v) is 11.4. The number of nitrogens with zero attached hydrogens (tertiary/aromatic N) is 2. The molecule has 0 aromatic heterocycles. The van der Waals surface area contributed by atoms with E-state index in [0.29, 0.717) is 49.5 Å². The summed E-state index contributed by atoms with van der Waals surface area (Å²) >= 11 is 0. The van der Waals surface area contributed by atoms with Crippen molar-refractivity contribution in [2.45, 2.75) is 44.0 Å². The molecule has 1 aromatic carbocycles. The summed E-state index contributed by atoms with van der Waals surface area (Å²) in [5, 5.41) is 3.20. The van der Waals surface area contributed by atoms with Gasteiger partial charge in [-0.1, -0.05) is 44.9 Å². The van der Waals surface area contributed by atoms with Crippen molar-refractivity contribution in [2.75, 3.05) is 32.7 Å². The normalized spacial score (nSPS) is 28.0. The molecular formula is C20H31N3O3S. The highest BCUT2D eigenvalue weighted by atomic mass is 32.2. The summed E-state index contributed by atoms with van der Waals surface area (Å²) in [6, 6.07) is 8.80. The lowest BCUT2D eigenvalue weighted by Crippen LogP contribution is -2.52. The molecule has 1 aromatic rings. The van der Waals surface area contributed by atoms with E-state index in [1.807, 2.05) is 11.0 Å². The Morgan fingerprint density at radius 1 is 1.07 bits per heavy atom. The van der Waals surface area contributed by atoms with Crippen molar-refractivity contribution in [2.24, 2.45) is 11.8 Å². The number of sulfonamides is 1. The Morgan fingerprint density at radius 3 is 2.41 bits per heavy atom. The monoisotopic (exact) mass is 393 g/mol. The summed E-state index contributed by atoms with van der Waals surface area (Å²) in [6.07, 6.45) is 3.47. The molecule has 0 bridgehead atoms. The van der Waals surface area contributed by atoms with Gasteiger partial charge in [0.2, 0.25) is 15.9 Å². The van der Waals surface area contributed by atoms with E-state index in [1.165, 1.54) is 17.1 Å². The highest BCUT2D eigenvalue weighted by Gasteiger charge is 2.31. The number of hydrogen-bond donors (Lipinski definition) is 1. The van der Waals surface area contributed by atoms with Gasteiger partial charge in [0, 0.05) is 32.2 Å². The van der Waals surface area contributed by atoms with Gasteiger partial charge in [0.1, 0.15) is 0 Å². The largest absolute Gasteiger partial charge is 0.352 e. The fraction of sp³-hybridized carbons (Fsp3) is 0.650. The minimum absolute atomic E-state index is 0.0558. The van der Waals surface area contributed by atoms with E-state index in [9.17, 15) is 13.2 Å². The molecule has 3 atom stereocenters. The van der Waals surface area contributed by atoms with Crippen molar-refractivity contribution in [1.29, 1.82) is 0 Å².